The van der Waals surface area contributed by atoms with Gasteiger partial charge in [0.2, 0.25) is 0 Å². The third-order valence-electron chi connectivity index (χ3n) is 1.86. The zero-order valence-electron chi connectivity index (χ0n) is 11.6. The highest BCUT2D eigenvalue weighted by Crippen LogP contribution is 2.10. The summed E-state index contributed by atoms with van der Waals surface area (Å²) < 4.78 is 9.96. The van der Waals surface area contributed by atoms with Gasteiger partial charge in [-0.2, -0.15) is 0 Å². The first-order valence-corrected chi connectivity index (χ1v) is 6.04. The second kappa shape index (κ2) is 7.92. The molecule has 0 unspecified atom stereocenters. The van der Waals surface area contributed by atoms with E-state index < -0.39 is 17.7 Å². The average Bonchev–Trinajstić information content (AvgIpc) is 2.21. The van der Waals surface area contributed by atoms with Gasteiger partial charge < -0.3 is 14.6 Å². The third-order valence-corrected chi connectivity index (χ3v) is 1.86. The summed E-state index contributed by atoms with van der Waals surface area (Å²) in [6.45, 7) is 7.25. The molecule has 18 heavy (non-hydrogen) atoms. The fraction of sp³-hybridized carbons (Fsp3) is 0.833. The second-order valence-corrected chi connectivity index (χ2v) is 4.78. The van der Waals surface area contributed by atoms with Crippen LogP contribution in [0.25, 0.3) is 0 Å². The lowest BCUT2D eigenvalue weighted by molar-refractivity contribution is -0.144. The van der Waals surface area contributed by atoms with Crippen molar-refractivity contribution in [2.75, 3.05) is 26.3 Å². The van der Waals surface area contributed by atoms with Gasteiger partial charge in [-0.25, -0.2) is 4.79 Å². The molecule has 6 nitrogen and oxygen atoms in total. The number of hydrogen-bond acceptors (Lipinski definition) is 5. The van der Waals surface area contributed by atoms with Crippen LogP contribution in [0.2, 0.25) is 0 Å². The van der Waals surface area contributed by atoms with Gasteiger partial charge in [0.25, 0.3) is 0 Å². The Balaban J connectivity index is 4.46. The number of nitrogens with zero attached hydrogens (tertiary/aromatic N) is 1. The molecule has 106 valence electrons. The first-order chi connectivity index (χ1) is 8.30. The molecule has 0 saturated carbocycles. The van der Waals surface area contributed by atoms with E-state index in [0.717, 1.165) is 0 Å². The molecular formula is C12H23NO5. The Morgan fingerprint density at radius 1 is 1.28 bits per heavy atom. The predicted molar refractivity (Wildman–Crippen MR) is 66.1 cm³/mol. The lowest BCUT2D eigenvalue weighted by Gasteiger charge is -2.26. The minimum atomic E-state index is -0.622. The molecule has 0 bridgehead atoms. The zero-order valence-corrected chi connectivity index (χ0v) is 11.6. The number of carbonyl (C=O) groups excluding carboxylic acids is 2. The molecule has 6 heteroatoms. The normalized spacial score (nSPS) is 10.9. The zero-order chi connectivity index (χ0) is 14.2. The minimum Gasteiger partial charge on any atom is -0.465 e. The Hall–Kier alpha value is -1.30. The summed E-state index contributed by atoms with van der Waals surface area (Å²) >= 11 is 0. The predicted octanol–water partition coefficient (Wildman–Crippen LogP) is 1.17. The molecule has 0 aromatic rings. The van der Waals surface area contributed by atoms with Gasteiger partial charge in [-0.15, -0.1) is 0 Å². The Morgan fingerprint density at radius 2 is 1.89 bits per heavy atom. The number of amides is 1. The van der Waals surface area contributed by atoms with E-state index in [4.69, 9.17) is 14.6 Å². The molecule has 0 fully saturated rings. The Kier molecular flexibility index (Phi) is 7.35. The molecule has 0 radical (unpaired) electrons. The molecule has 0 aliphatic heterocycles. The van der Waals surface area contributed by atoms with Gasteiger partial charge in [0, 0.05) is 13.2 Å². The molecule has 0 heterocycles. The highest BCUT2D eigenvalue weighted by molar-refractivity contribution is 5.78. The maximum absolute atomic E-state index is 11.8. The first-order valence-electron chi connectivity index (χ1n) is 6.04. The van der Waals surface area contributed by atoms with Crippen molar-refractivity contribution in [2.24, 2.45) is 0 Å². The average molecular weight is 261 g/mol. The van der Waals surface area contributed by atoms with Crippen LogP contribution in [0.5, 0.6) is 0 Å². The van der Waals surface area contributed by atoms with Crippen molar-refractivity contribution in [2.45, 2.75) is 39.7 Å². The maximum Gasteiger partial charge on any atom is 0.410 e. The van der Waals surface area contributed by atoms with E-state index in [2.05, 4.69) is 0 Å². The van der Waals surface area contributed by atoms with Crippen LogP contribution in [0.3, 0.4) is 0 Å². The van der Waals surface area contributed by atoms with Gasteiger partial charge >= 0.3 is 12.1 Å². The SMILES string of the molecule is CCOC(=O)CN(CCCO)C(=O)OC(C)(C)C. The van der Waals surface area contributed by atoms with Gasteiger partial charge in [-0.1, -0.05) is 0 Å². The lowest BCUT2D eigenvalue weighted by atomic mass is 10.2. The number of esters is 1. The van der Waals surface area contributed by atoms with Crippen LogP contribution in [0.1, 0.15) is 34.1 Å². The highest BCUT2D eigenvalue weighted by atomic mass is 16.6. The number of rotatable bonds is 6. The molecule has 1 N–H and O–H groups in total. The van der Waals surface area contributed by atoms with Gasteiger partial charge in [0.1, 0.15) is 12.1 Å². The van der Waals surface area contributed by atoms with Crippen LogP contribution < -0.4 is 0 Å². The third kappa shape index (κ3) is 7.89. The van der Waals surface area contributed by atoms with Crippen molar-refractivity contribution in [3.63, 3.8) is 0 Å². The molecule has 0 aliphatic rings. The van der Waals surface area contributed by atoms with Crippen LogP contribution in [0, 0.1) is 0 Å². The summed E-state index contributed by atoms with van der Waals surface area (Å²) in [5, 5.41) is 8.77. The summed E-state index contributed by atoms with van der Waals surface area (Å²) in [6, 6.07) is 0. The lowest BCUT2D eigenvalue weighted by Crippen LogP contribution is -2.41. The van der Waals surface area contributed by atoms with E-state index >= 15 is 0 Å². The van der Waals surface area contributed by atoms with E-state index in [-0.39, 0.29) is 26.3 Å². The van der Waals surface area contributed by atoms with Gasteiger partial charge in [0.05, 0.1) is 6.61 Å². The largest absolute Gasteiger partial charge is 0.465 e. The van der Waals surface area contributed by atoms with Crippen LogP contribution in [0.4, 0.5) is 4.79 Å². The Bertz CT molecular complexity index is 272. The Labute approximate surface area is 108 Å². The summed E-state index contributed by atoms with van der Waals surface area (Å²) in [5.74, 6) is -0.485. The molecule has 0 aromatic heterocycles. The van der Waals surface area contributed by atoms with E-state index in [1.54, 1.807) is 27.7 Å². The van der Waals surface area contributed by atoms with Gasteiger partial charge in [0.15, 0.2) is 0 Å². The van der Waals surface area contributed by atoms with Gasteiger partial charge in [-0.05, 0) is 34.1 Å². The molecule has 0 saturated heterocycles. The molecule has 0 aromatic carbocycles. The van der Waals surface area contributed by atoms with Crippen molar-refractivity contribution in [1.29, 1.82) is 0 Å². The quantitative estimate of drug-likeness (QED) is 0.726. The number of ether oxygens (including phenoxy) is 2. The van der Waals surface area contributed by atoms with Crippen LogP contribution in [-0.2, 0) is 14.3 Å². The van der Waals surface area contributed by atoms with Crippen molar-refractivity contribution in [1.82, 2.24) is 4.90 Å². The highest BCUT2D eigenvalue weighted by Gasteiger charge is 2.23. The molecule has 1 amide bonds. The second-order valence-electron chi connectivity index (χ2n) is 4.78. The molecule has 0 atom stereocenters. The van der Waals surface area contributed by atoms with Gasteiger partial charge in [-0.3, -0.25) is 9.69 Å². The standard InChI is InChI=1S/C12H23NO5/c1-5-17-10(15)9-13(7-6-8-14)11(16)18-12(2,3)4/h14H,5-9H2,1-4H3. The fourth-order valence-corrected chi connectivity index (χ4v) is 1.19. The maximum atomic E-state index is 11.8. The van der Waals surface area contributed by atoms with Crippen LogP contribution in [0.15, 0.2) is 0 Å². The van der Waals surface area contributed by atoms with E-state index in [1.165, 1.54) is 4.90 Å². The fourth-order valence-electron chi connectivity index (χ4n) is 1.19. The summed E-state index contributed by atoms with van der Waals surface area (Å²) in [4.78, 5) is 24.4. The molecule has 0 rings (SSSR count). The smallest absolute Gasteiger partial charge is 0.410 e. The van der Waals surface area contributed by atoms with Crippen molar-refractivity contribution < 1.29 is 24.2 Å². The van der Waals surface area contributed by atoms with Crippen molar-refractivity contribution in [3.05, 3.63) is 0 Å². The van der Waals surface area contributed by atoms with Crippen molar-refractivity contribution >= 4 is 12.1 Å². The van der Waals surface area contributed by atoms with Crippen LogP contribution in [-0.4, -0.2) is 54.0 Å². The number of hydrogen-bond donors (Lipinski definition) is 1. The molecular weight excluding hydrogens is 238 g/mol. The van der Waals surface area contributed by atoms with Crippen LogP contribution >= 0.6 is 0 Å². The molecule has 0 aliphatic carbocycles. The number of carbonyl (C=O) groups is 2. The number of aliphatic hydroxyl groups excluding tert-OH is 1. The first kappa shape index (κ1) is 16.7. The summed E-state index contributed by atoms with van der Waals surface area (Å²) in [6.07, 6.45) is -0.192. The summed E-state index contributed by atoms with van der Waals surface area (Å²) in [5.41, 5.74) is -0.622. The van der Waals surface area contributed by atoms with E-state index in [9.17, 15) is 9.59 Å². The van der Waals surface area contributed by atoms with E-state index in [1.807, 2.05) is 0 Å². The Morgan fingerprint density at radius 3 is 2.33 bits per heavy atom. The topological polar surface area (TPSA) is 76.1 Å². The van der Waals surface area contributed by atoms with E-state index in [0.29, 0.717) is 6.42 Å². The van der Waals surface area contributed by atoms with Crippen molar-refractivity contribution in [3.8, 4) is 0 Å². The minimum absolute atomic E-state index is 0.0534. The monoisotopic (exact) mass is 261 g/mol. The molecule has 0 spiro atoms. The summed E-state index contributed by atoms with van der Waals surface area (Å²) in [7, 11) is 0. The number of aliphatic hydroxyl groups is 1.